The van der Waals surface area contributed by atoms with Gasteiger partial charge in [-0.2, -0.15) is 0 Å². The lowest BCUT2D eigenvalue weighted by atomic mass is 10.1. The quantitative estimate of drug-likeness (QED) is 0.726. The molecular formula is C17H16Cl2F2N2O3S. The molecule has 0 spiro atoms. The molecule has 2 aromatic rings. The van der Waals surface area contributed by atoms with Crippen LogP contribution in [0.15, 0.2) is 36.4 Å². The van der Waals surface area contributed by atoms with Crippen molar-refractivity contribution in [2.75, 3.05) is 15.9 Å². The van der Waals surface area contributed by atoms with E-state index in [-0.39, 0.29) is 27.8 Å². The molecule has 0 heterocycles. The molecule has 0 saturated carbocycles. The number of hydrogen-bond donors (Lipinski definition) is 1. The summed E-state index contributed by atoms with van der Waals surface area (Å²) in [6, 6.07) is 5.82. The number of anilines is 2. The maximum absolute atomic E-state index is 13.4. The van der Waals surface area contributed by atoms with Crippen LogP contribution in [0.5, 0.6) is 0 Å². The van der Waals surface area contributed by atoms with Gasteiger partial charge in [0.05, 0.1) is 11.9 Å². The van der Waals surface area contributed by atoms with Gasteiger partial charge in [-0.25, -0.2) is 17.2 Å². The van der Waals surface area contributed by atoms with E-state index in [2.05, 4.69) is 5.32 Å². The number of nitrogens with one attached hydrogen (secondary N) is 1. The summed E-state index contributed by atoms with van der Waals surface area (Å²) in [7, 11) is -3.89. The van der Waals surface area contributed by atoms with Crippen LogP contribution in [0.3, 0.4) is 0 Å². The van der Waals surface area contributed by atoms with E-state index in [9.17, 15) is 22.0 Å². The number of nitrogens with zero attached hydrogens (tertiary/aromatic N) is 1. The van der Waals surface area contributed by atoms with Gasteiger partial charge in [-0.15, -0.1) is 0 Å². The molecule has 1 N–H and O–H groups in total. The van der Waals surface area contributed by atoms with E-state index in [1.165, 1.54) is 24.3 Å². The average molecular weight is 437 g/mol. The molecule has 146 valence electrons. The molecule has 0 aliphatic heterocycles. The van der Waals surface area contributed by atoms with Crippen LogP contribution in [-0.4, -0.2) is 26.6 Å². The molecule has 0 bridgehead atoms. The smallest absolute Gasteiger partial charge is 0.248 e. The lowest BCUT2D eigenvalue weighted by Crippen LogP contribution is -2.47. The summed E-state index contributed by atoms with van der Waals surface area (Å²) >= 11 is 11.9. The number of carbonyl (C=O) groups is 1. The predicted octanol–water partition coefficient (Wildman–Crippen LogP) is 4.45. The van der Waals surface area contributed by atoms with E-state index in [4.69, 9.17) is 23.2 Å². The number of amides is 1. The normalized spacial score (nSPS) is 12.5. The second-order valence-electron chi connectivity index (χ2n) is 5.73. The Hall–Kier alpha value is -1.90. The van der Waals surface area contributed by atoms with Gasteiger partial charge in [0.15, 0.2) is 11.6 Å². The zero-order valence-corrected chi connectivity index (χ0v) is 16.7. The van der Waals surface area contributed by atoms with Crippen LogP contribution in [0.1, 0.15) is 13.3 Å². The SMILES string of the molecule is CCC(C(=O)Nc1ccc(F)c(F)c1)N(c1cc(Cl)cc(Cl)c1)S(C)(=O)=O. The molecule has 27 heavy (non-hydrogen) atoms. The van der Waals surface area contributed by atoms with Gasteiger partial charge in [-0.05, 0) is 36.8 Å². The molecule has 2 aromatic carbocycles. The van der Waals surface area contributed by atoms with Crippen molar-refractivity contribution in [3.05, 3.63) is 58.1 Å². The van der Waals surface area contributed by atoms with E-state index in [0.717, 1.165) is 22.7 Å². The number of carbonyl (C=O) groups excluding carboxylic acids is 1. The first-order valence-electron chi connectivity index (χ1n) is 7.74. The minimum Gasteiger partial charge on any atom is -0.324 e. The van der Waals surface area contributed by atoms with E-state index < -0.39 is 33.6 Å². The molecule has 0 saturated heterocycles. The molecule has 1 atom stereocenters. The summed E-state index contributed by atoms with van der Waals surface area (Å²) < 4.78 is 52.0. The van der Waals surface area contributed by atoms with Gasteiger partial charge in [0.25, 0.3) is 0 Å². The molecule has 5 nitrogen and oxygen atoms in total. The molecule has 0 aliphatic rings. The highest BCUT2D eigenvalue weighted by atomic mass is 35.5. The Labute approximate surface area is 165 Å². The van der Waals surface area contributed by atoms with Crippen LogP contribution < -0.4 is 9.62 Å². The van der Waals surface area contributed by atoms with Crippen LogP contribution in [0.25, 0.3) is 0 Å². The first-order chi connectivity index (χ1) is 12.5. The van der Waals surface area contributed by atoms with Crippen molar-refractivity contribution in [3.63, 3.8) is 0 Å². The van der Waals surface area contributed by atoms with Crippen LogP contribution in [0.4, 0.5) is 20.2 Å². The highest BCUT2D eigenvalue weighted by molar-refractivity contribution is 7.92. The second kappa shape index (κ2) is 8.41. The van der Waals surface area contributed by atoms with E-state index >= 15 is 0 Å². The summed E-state index contributed by atoms with van der Waals surface area (Å²) in [5, 5.41) is 2.79. The molecule has 0 aromatic heterocycles. The third-order valence-electron chi connectivity index (χ3n) is 3.62. The van der Waals surface area contributed by atoms with Gasteiger partial charge in [-0.3, -0.25) is 9.10 Å². The molecule has 0 radical (unpaired) electrons. The molecule has 1 unspecified atom stereocenters. The fourth-order valence-electron chi connectivity index (χ4n) is 2.53. The van der Waals surface area contributed by atoms with E-state index in [1.807, 2.05) is 0 Å². The van der Waals surface area contributed by atoms with Crippen molar-refractivity contribution in [2.45, 2.75) is 19.4 Å². The number of rotatable bonds is 6. The van der Waals surface area contributed by atoms with Crippen molar-refractivity contribution < 1.29 is 22.0 Å². The van der Waals surface area contributed by atoms with Gasteiger partial charge < -0.3 is 5.32 Å². The third-order valence-corrected chi connectivity index (χ3v) is 5.23. The molecule has 0 fully saturated rings. The van der Waals surface area contributed by atoms with Crippen molar-refractivity contribution in [2.24, 2.45) is 0 Å². The summed E-state index contributed by atoms with van der Waals surface area (Å²) in [4.78, 5) is 12.7. The molecule has 10 heteroatoms. The van der Waals surface area contributed by atoms with Crippen LogP contribution in [0.2, 0.25) is 10.0 Å². The number of halogens is 4. The fourth-order valence-corrected chi connectivity index (χ4v) is 4.24. The first kappa shape index (κ1) is 21.4. The van der Waals surface area contributed by atoms with E-state index in [1.54, 1.807) is 6.92 Å². The lowest BCUT2D eigenvalue weighted by Gasteiger charge is -2.30. The standard InChI is InChI=1S/C17H16Cl2F2N2O3S/c1-3-16(17(24)22-12-4-5-14(20)15(21)9-12)23(27(2,25)26)13-7-10(18)6-11(19)8-13/h4-9,16H,3H2,1-2H3,(H,22,24). The maximum Gasteiger partial charge on any atom is 0.248 e. The van der Waals surface area contributed by atoms with Gasteiger partial charge in [0.1, 0.15) is 6.04 Å². The maximum atomic E-state index is 13.4. The summed E-state index contributed by atoms with van der Waals surface area (Å²) in [5.74, 6) is -2.92. The summed E-state index contributed by atoms with van der Waals surface area (Å²) in [5.41, 5.74) is 0.109. The minimum atomic E-state index is -3.89. The van der Waals surface area contributed by atoms with Crippen molar-refractivity contribution in [1.82, 2.24) is 0 Å². The van der Waals surface area contributed by atoms with Crippen molar-refractivity contribution in [3.8, 4) is 0 Å². The Morgan fingerprint density at radius 1 is 1.11 bits per heavy atom. The van der Waals surface area contributed by atoms with Gasteiger partial charge >= 0.3 is 0 Å². The lowest BCUT2D eigenvalue weighted by molar-refractivity contribution is -0.117. The Morgan fingerprint density at radius 2 is 1.70 bits per heavy atom. The highest BCUT2D eigenvalue weighted by Gasteiger charge is 2.32. The molecule has 0 aliphatic carbocycles. The topological polar surface area (TPSA) is 66.5 Å². The number of sulfonamides is 1. The highest BCUT2D eigenvalue weighted by Crippen LogP contribution is 2.29. The Balaban J connectivity index is 2.42. The summed E-state index contributed by atoms with van der Waals surface area (Å²) in [6.07, 6.45) is 1.04. The van der Waals surface area contributed by atoms with Crippen LogP contribution in [-0.2, 0) is 14.8 Å². The second-order valence-corrected chi connectivity index (χ2v) is 8.46. The zero-order chi connectivity index (χ0) is 20.4. The number of benzene rings is 2. The summed E-state index contributed by atoms with van der Waals surface area (Å²) in [6.45, 7) is 1.61. The van der Waals surface area contributed by atoms with Gasteiger partial charge in [-0.1, -0.05) is 30.1 Å². The van der Waals surface area contributed by atoms with Gasteiger partial charge in [0.2, 0.25) is 15.9 Å². The van der Waals surface area contributed by atoms with Crippen molar-refractivity contribution in [1.29, 1.82) is 0 Å². The minimum absolute atomic E-state index is 0.00470. The van der Waals surface area contributed by atoms with Crippen molar-refractivity contribution >= 4 is 50.5 Å². The predicted molar refractivity (Wildman–Crippen MR) is 103 cm³/mol. The average Bonchev–Trinajstić information content (AvgIpc) is 2.53. The Kier molecular flexibility index (Phi) is 6.67. The Bertz CT molecular complexity index is 950. The zero-order valence-electron chi connectivity index (χ0n) is 14.3. The van der Waals surface area contributed by atoms with Crippen LogP contribution in [0, 0.1) is 11.6 Å². The molecule has 1 amide bonds. The first-order valence-corrected chi connectivity index (χ1v) is 10.3. The molecule has 2 rings (SSSR count). The van der Waals surface area contributed by atoms with Crippen LogP contribution >= 0.6 is 23.2 Å². The number of hydrogen-bond acceptors (Lipinski definition) is 3. The largest absolute Gasteiger partial charge is 0.324 e. The van der Waals surface area contributed by atoms with Gasteiger partial charge in [0, 0.05) is 21.8 Å². The fraction of sp³-hybridized carbons (Fsp3) is 0.235. The van der Waals surface area contributed by atoms with E-state index in [0.29, 0.717) is 0 Å². The monoisotopic (exact) mass is 436 g/mol. The Morgan fingerprint density at radius 3 is 2.19 bits per heavy atom. The third kappa shape index (κ3) is 5.31. The molecular weight excluding hydrogens is 421 g/mol.